The molecule has 0 heteroatoms. The molecule has 0 aromatic rings. The molecule has 0 heterocycles. The molecule has 7 unspecified atom stereocenters. The maximum atomic E-state index is 4.00. The van der Waals surface area contributed by atoms with Crippen molar-refractivity contribution < 1.29 is 0 Å². The van der Waals surface area contributed by atoms with Crippen molar-refractivity contribution in [1.29, 1.82) is 0 Å². The standard InChI is InChI=1S/C13H18/c1-3-7-4-6(2)10-11(7)13(10)12-8-5-9(8)12/h3,6-13H,1,4-5H2,2H3. The summed E-state index contributed by atoms with van der Waals surface area (Å²) in [6, 6.07) is 0. The minimum absolute atomic E-state index is 0.894. The van der Waals surface area contributed by atoms with E-state index in [4.69, 9.17) is 0 Å². The van der Waals surface area contributed by atoms with Crippen LogP contribution in [-0.2, 0) is 0 Å². The third-order valence-electron chi connectivity index (χ3n) is 5.47. The van der Waals surface area contributed by atoms with Crippen LogP contribution in [0.5, 0.6) is 0 Å². The van der Waals surface area contributed by atoms with E-state index in [1.165, 1.54) is 24.2 Å². The van der Waals surface area contributed by atoms with E-state index in [-0.39, 0.29) is 0 Å². The van der Waals surface area contributed by atoms with E-state index in [2.05, 4.69) is 19.6 Å². The van der Waals surface area contributed by atoms with Gasteiger partial charge in [0.2, 0.25) is 0 Å². The molecule has 7 atom stereocenters. The second kappa shape index (κ2) is 1.89. The monoisotopic (exact) mass is 174 g/mol. The summed E-state index contributed by atoms with van der Waals surface area (Å²) in [5.74, 6) is 8.92. The molecule has 0 nitrogen and oxygen atoms in total. The summed E-state index contributed by atoms with van der Waals surface area (Å²) in [4.78, 5) is 0. The largest absolute Gasteiger partial charge is 0.103 e. The number of fused-ring (bicyclic) bond motifs is 2. The normalized spacial score (nSPS) is 71.2. The molecular formula is C13H18. The molecule has 4 aliphatic rings. The van der Waals surface area contributed by atoms with Crippen LogP contribution in [0.4, 0.5) is 0 Å². The van der Waals surface area contributed by atoms with Crippen LogP contribution in [0.2, 0.25) is 0 Å². The lowest BCUT2D eigenvalue weighted by Crippen LogP contribution is -2.08. The van der Waals surface area contributed by atoms with Gasteiger partial charge < -0.3 is 0 Å². The van der Waals surface area contributed by atoms with Gasteiger partial charge in [0, 0.05) is 0 Å². The van der Waals surface area contributed by atoms with Crippen molar-refractivity contribution in [2.45, 2.75) is 19.8 Å². The average Bonchev–Trinajstić information content (AvgIpc) is 2.91. The summed E-state index contributed by atoms with van der Waals surface area (Å²) in [5.41, 5.74) is 0. The van der Waals surface area contributed by atoms with Crippen molar-refractivity contribution in [2.24, 2.45) is 47.3 Å². The highest BCUT2D eigenvalue weighted by atomic mass is 14.8. The van der Waals surface area contributed by atoms with Crippen molar-refractivity contribution >= 4 is 0 Å². The lowest BCUT2D eigenvalue weighted by molar-refractivity contribution is 0.366. The molecule has 4 fully saturated rings. The molecule has 70 valence electrons. The maximum Gasteiger partial charge on any atom is -0.0199 e. The van der Waals surface area contributed by atoms with Gasteiger partial charge in [0.05, 0.1) is 0 Å². The van der Waals surface area contributed by atoms with E-state index in [0.29, 0.717) is 0 Å². The van der Waals surface area contributed by atoms with Gasteiger partial charge in [0.1, 0.15) is 0 Å². The Morgan fingerprint density at radius 1 is 1.00 bits per heavy atom. The van der Waals surface area contributed by atoms with Crippen molar-refractivity contribution in [3.63, 3.8) is 0 Å². The Kier molecular flexibility index (Phi) is 1.03. The summed E-state index contributed by atoms with van der Waals surface area (Å²) in [6.07, 6.45) is 5.28. The van der Waals surface area contributed by atoms with Gasteiger partial charge in [0.15, 0.2) is 0 Å². The smallest absolute Gasteiger partial charge is 0.0199 e. The molecule has 0 aromatic carbocycles. The zero-order chi connectivity index (χ0) is 8.74. The van der Waals surface area contributed by atoms with Gasteiger partial charge in [0.25, 0.3) is 0 Å². The lowest BCUT2D eigenvalue weighted by Gasteiger charge is -2.14. The number of hydrogen-bond donors (Lipinski definition) is 0. The Bertz CT molecular complexity index is 272. The van der Waals surface area contributed by atoms with Gasteiger partial charge in [-0.3, -0.25) is 0 Å². The zero-order valence-corrected chi connectivity index (χ0v) is 8.32. The van der Waals surface area contributed by atoms with Gasteiger partial charge in [-0.05, 0) is 60.2 Å². The second-order valence-corrected chi connectivity index (χ2v) is 5.99. The molecule has 4 aliphatic carbocycles. The van der Waals surface area contributed by atoms with Crippen molar-refractivity contribution in [2.75, 3.05) is 0 Å². The van der Waals surface area contributed by atoms with Crippen LogP contribution in [-0.4, -0.2) is 0 Å². The highest BCUT2D eigenvalue weighted by Gasteiger charge is 2.76. The molecule has 4 rings (SSSR count). The van der Waals surface area contributed by atoms with Crippen LogP contribution >= 0.6 is 0 Å². The first kappa shape index (κ1) is 7.09. The van der Waals surface area contributed by atoms with Crippen molar-refractivity contribution in [3.8, 4) is 0 Å². The fourth-order valence-electron chi connectivity index (χ4n) is 4.62. The summed E-state index contributed by atoms with van der Waals surface area (Å²) >= 11 is 0. The molecule has 0 amide bonds. The summed E-state index contributed by atoms with van der Waals surface area (Å²) < 4.78 is 0. The predicted molar refractivity (Wildman–Crippen MR) is 53.0 cm³/mol. The van der Waals surface area contributed by atoms with Crippen LogP contribution in [0.3, 0.4) is 0 Å². The molecule has 4 saturated carbocycles. The zero-order valence-electron chi connectivity index (χ0n) is 8.32. The van der Waals surface area contributed by atoms with Crippen molar-refractivity contribution in [1.82, 2.24) is 0 Å². The first-order valence-corrected chi connectivity index (χ1v) is 5.95. The van der Waals surface area contributed by atoms with Gasteiger partial charge >= 0.3 is 0 Å². The highest BCUT2D eigenvalue weighted by molar-refractivity contribution is 5.24. The third-order valence-corrected chi connectivity index (χ3v) is 5.47. The molecule has 0 radical (unpaired) electrons. The Morgan fingerprint density at radius 3 is 2.31 bits per heavy atom. The van der Waals surface area contributed by atoms with Crippen LogP contribution < -0.4 is 0 Å². The Balaban J connectivity index is 1.55. The van der Waals surface area contributed by atoms with Crippen LogP contribution in [0.25, 0.3) is 0 Å². The van der Waals surface area contributed by atoms with Crippen molar-refractivity contribution in [3.05, 3.63) is 12.7 Å². The molecule has 0 aromatic heterocycles. The number of allylic oxidation sites excluding steroid dienone is 1. The Labute approximate surface area is 80.4 Å². The molecule has 0 bridgehead atoms. The first-order chi connectivity index (χ1) is 6.33. The highest BCUT2D eigenvalue weighted by Crippen LogP contribution is 2.81. The Hall–Kier alpha value is -0.260. The minimum atomic E-state index is 0.894. The number of rotatable bonds is 2. The van der Waals surface area contributed by atoms with Gasteiger partial charge in [-0.2, -0.15) is 0 Å². The molecule has 0 N–H and O–H groups in total. The predicted octanol–water partition coefficient (Wildman–Crippen LogP) is 2.96. The quantitative estimate of drug-likeness (QED) is 0.565. The maximum absolute atomic E-state index is 4.00. The van der Waals surface area contributed by atoms with Crippen LogP contribution in [0.15, 0.2) is 12.7 Å². The summed E-state index contributed by atoms with van der Waals surface area (Å²) in [6.45, 7) is 6.47. The van der Waals surface area contributed by atoms with Gasteiger partial charge in [-0.15, -0.1) is 6.58 Å². The fourth-order valence-corrected chi connectivity index (χ4v) is 4.62. The number of hydrogen-bond acceptors (Lipinski definition) is 0. The van der Waals surface area contributed by atoms with E-state index in [1.807, 2.05) is 0 Å². The van der Waals surface area contributed by atoms with E-state index in [0.717, 1.165) is 29.6 Å². The van der Waals surface area contributed by atoms with Gasteiger partial charge in [-0.1, -0.05) is 13.0 Å². The molecule has 0 spiro atoms. The van der Waals surface area contributed by atoms with Gasteiger partial charge in [-0.25, -0.2) is 0 Å². The second-order valence-electron chi connectivity index (χ2n) is 5.99. The van der Waals surface area contributed by atoms with E-state index >= 15 is 0 Å². The summed E-state index contributed by atoms with van der Waals surface area (Å²) in [5, 5.41) is 0. The topological polar surface area (TPSA) is 0 Å². The van der Waals surface area contributed by atoms with E-state index in [1.54, 1.807) is 6.42 Å². The molecule has 13 heavy (non-hydrogen) atoms. The lowest BCUT2D eigenvalue weighted by atomic mass is 9.90. The first-order valence-electron chi connectivity index (χ1n) is 5.95. The van der Waals surface area contributed by atoms with E-state index in [9.17, 15) is 0 Å². The summed E-state index contributed by atoms with van der Waals surface area (Å²) in [7, 11) is 0. The fraction of sp³-hybridized carbons (Fsp3) is 0.846. The molecule has 0 saturated heterocycles. The minimum Gasteiger partial charge on any atom is -0.103 e. The van der Waals surface area contributed by atoms with Crippen LogP contribution in [0, 0.1) is 47.3 Å². The SMILES string of the molecule is C=CC1CC(C)C2C1C2C1C2CC21. The third kappa shape index (κ3) is 0.705. The molecular weight excluding hydrogens is 156 g/mol. The van der Waals surface area contributed by atoms with Crippen LogP contribution in [0.1, 0.15) is 19.8 Å². The molecule has 0 aliphatic heterocycles. The average molecular weight is 174 g/mol. The Morgan fingerprint density at radius 2 is 1.77 bits per heavy atom. The van der Waals surface area contributed by atoms with E-state index < -0.39 is 0 Å².